The Labute approximate surface area is 130 Å². The second kappa shape index (κ2) is 6.89. The number of aliphatic carboxylic acids is 1. The van der Waals surface area contributed by atoms with E-state index in [1.807, 2.05) is 0 Å². The molecule has 126 valence electrons. The lowest BCUT2D eigenvalue weighted by atomic mass is 10.1. The van der Waals surface area contributed by atoms with Crippen molar-refractivity contribution in [2.45, 2.75) is 31.5 Å². The number of benzene rings is 1. The highest BCUT2D eigenvalue weighted by Crippen LogP contribution is 2.31. The topological polar surface area (TPSA) is 75.6 Å². The van der Waals surface area contributed by atoms with Gasteiger partial charge in [0, 0.05) is 6.04 Å². The molecule has 0 aliphatic heterocycles. The molecular formula is C15H16F3NO4. The number of hydrogen-bond acceptors (Lipinski definition) is 3. The SMILES string of the molecule is O=C(COc1cccc(C(F)(F)F)c1)N[C@H]1CC[C@@H](C(=O)O)C1. The second-order valence-corrected chi connectivity index (χ2v) is 5.43. The van der Waals surface area contributed by atoms with Gasteiger partial charge in [-0.15, -0.1) is 0 Å². The van der Waals surface area contributed by atoms with Crippen LogP contribution in [0.1, 0.15) is 24.8 Å². The average molecular weight is 331 g/mol. The molecule has 2 rings (SSSR count). The van der Waals surface area contributed by atoms with Crippen molar-refractivity contribution in [3.63, 3.8) is 0 Å². The summed E-state index contributed by atoms with van der Waals surface area (Å²) in [5, 5.41) is 11.5. The number of carboxylic acid groups (broad SMARTS) is 1. The molecule has 23 heavy (non-hydrogen) atoms. The Morgan fingerprint density at radius 2 is 2.04 bits per heavy atom. The van der Waals surface area contributed by atoms with Gasteiger partial charge in [-0.1, -0.05) is 6.07 Å². The highest BCUT2D eigenvalue weighted by molar-refractivity contribution is 5.78. The first-order valence-corrected chi connectivity index (χ1v) is 7.08. The first-order valence-electron chi connectivity index (χ1n) is 7.08. The lowest BCUT2D eigenvalue weighted by Crippen LogP contribution is -2.36. The van der Waals surface area contributed by atoms with Crippen LogP contribution in [0.4, 0.5) is 13.2 Å². The number of carboxylic acids is 1. The van der Waals surface area contributed by atoms with E-state index in [2.05, 4.69) is 5.32 Å². The Morgan fingerprint density at radius 1 is 1.30 bits per heavy atom. The molecule has 0 aromatic heterocycles. The molecule has 1 amide bonds. The quantitative estimate of drug-likeness (QED) is 0.869. The zero-order chi connectivity index (χ0) is 17.0. The van der Waals surface area contributed by atoms with E-state index in [1.54, 1.807) is 0 Å². The van der Waals surface area contributed by atoms with Gasteiger partial charge in [0.05, 0.1) is 11.5 Å². The van der Waals surface area contributed by atoms with Crippen molar-refractivity contribution in [1.82, 2.24) is 5.32 Å². The maximum absolute atomic E-state index is 12.6. The summed E-state index contributed by atoms with van der Waals surface area (Å²) in [5.74, 6) is -1.89. The molecule has 8 heteroatoms. The third kappa shape index (κ3) is 4.87. The van der Waals surface area contributed by atoms with Crippen LogP contribution in [0.25, 0.3) is 0 Å². The third-order valence-electron chi connectivity index (χ3n) is 3.68. The fraction of sp³-hybridized carbons (Fsp3) is 0.467. The maximum atomic E-state index is 12.6. The van der Waals surface area contributed by atoms with Gasteiger partial charge >= 0.3 is 12.1 Å². The summed E-state index contributed by atoms with van der Waals surface area (Å²) in [5.41, 5.74) is -0.851. The van der Waals surface area contributed by atoms with Crippen LogP contribution >= 0.6 is 0 Å². The van der Waals surface area contributed by atoms with E-state index >= 15 is 0 Å². The van der Waals surface area contributed by atoms with Crippen LogP contribution in [0.2, 0.25) is 0 Å². The Balaban J connectivity index is 1.82. The van der Waals surface area contributed by atoms with Crippen LogP contribution in [-0.4, -0.2) is 29.6 Å². The Kier molecular flexibility index (Phi) is 5.12. The number of ether oxygens (including phenoxy) is 1. The van der Waals surface area contributed by atoms with Crippen LogP contribution in [0, 0.1) is 5.92 Å². The van der Waals surface area contributed by atoms with Crippen molar-refractivity contribution in [3.05, 3.63) is 29.8 Å². The Morgan fingerprint density at radius 3 is 2.65 bits per heavy atom. The van der Waals surface area contributed by atoms with Crippen molar-refractivity contribution in [2.75, 3.05) is 6.61 Å². The number of amides is 1. The minimum Gasteiger partial charge on any atom is -0.484 e. The summed E-state index contributed by atoms with van der Waals surface area (Å²) in [7, 11) is 0. The summed E-state index contributed by atoms with van der Waals surface area (Å²) < 4.78 is 42.7. The van der Waals surface area contributed by atoms with Gasteiger partial charge in [0.25, 0.3) is 5.91 Å². The molecular weight excluding hydrogens is 315 g/mol. The standard InChI is InChI=1S/C15H16F3NO4/c16-15(17,18)10-2-1-3-12(7-10)23-8-13(20)19-11-5-4-9(6-11)14(21)22/h1-3,7,9,11H,4-6,8H2,(H,19,20)(H,21,22)/t9-,11+/m1/s1. The molecule has 1 aliphatic rings. The molecule has 0 bridgehead atoms. The van der Waals surface area contributed by atoms with Crippen molar-refractivity contribution < 1.29 is 32.6 Å². The molecule has 2 N–H and O–H groups in total. The third-order valence-corrected chi connectivity index (χ3v) is 3.68. The summed E-state index contributed by atoms with van der Waals surface area (Å²) >= 11 is 0. The largest absolute Gasteiger partial charge is 0.484 e. The predicted molar refractivity (Wildman–Crippen MR) is 73.8 cm³/mol. The number of rotatable bonds is 5. The summed E-state index contributed by atoms with van der Waals surface area (Å²) in [4.78, 5) is 22.6. The van der Waals surface area contributed by atoms with Crippen molar-refractivity contribution in [3.8, 4) is 5.75 Å². The summed E-state index contributed by atoms with van der Waals surface area (Å²) in [6.07, 6.45) is -3.07. The number of carbonyl (C=O) groups excluding carboxylic acids is 1. The second-order valence-electron chi connectivity index (χ2n) is 5.43. The monoisotopic (exact) mass is 331 g/mol. The van der Waals surface area contributed by atoms with Gasteiger partial charge in [0.15, 0.2) is 6.61 Å². The van der Waals surface area contributed by atoms with Gasteiger partial charge in [-0.25, -0.2) is 0 Å². The molecule has 1 aromatic carbocycles. The number of nitrogens with one attached hydrogen (secondary N) is 1. The normalized spacial score (nSPS) is 21.0. The lowest BCUT2D eigenvalue weighted by molar-refractivity contribution is -0.141. The molecule has 0 radical (unpaired) electrons. The number of carbonyl (C=O) groups is 2. The van der Waals surface area contributed by atoms with E-state index in [0.717, 1.165) is 12.1 Å². The molecule has 1 aromatic rings. The van der Waals surface area contributed by atoms with Crippen molar-refractivity contribution in [1.29, 1.82) is 0 Å². The maximum Gasteiger partial charge on any atom is 0.416 e. The van der Waals surface area contributed by atoms with E-state index in [9.17, 15) is 22.8 Å². The van der Waals surface area contributed by atoms with Gasteiger partial charge in [-0.2, -0.15) is 13.2 Å². The molecule has 1 aliphatic carbocycles. The Hall–Kier alpha value is -2.25. The highest BCUT2D eigenvalue weighted by Gasteiger charge is 2.31. The van der Waals surface area contributed by atoms with Crippen LogP contribution in [-0.2, 0) is 15.8 Å². The molecule has 0 spiro atoms. The summed E-state index contributed by atoms with van der Waals surface area (Å²) in [6, 6.07) is 4.03. The minimum absolute atomic E-state index is 0.0511. The van der Waals surface area contributed by atoms with Gasteiger partial charge in [0.2, 0.25) is 0 Å². The van der Waals surface area contributed by atoms with Gasteiger partial charge < -0.3 is 15.2 Å². The van der Waals surface area contributed by atoms with Crippen LogP contribution in [0.15, 0.2) is 24.3 Å². The van der Waals surface area contributed by atoms with Gasteiger partial charge in [0.1, 0.15) is 5.75 Å². The lowest BCUT2D eigenvalue weighted by Gasteiger charge is -2.13. The van der Waals surface area contributed by atoms with E-state index in [4.69, 9.17) is 9.84 Å². The van der Waals surface area contributed by atoms with E-state index in [0.29, 0.717) is 19.3 Å². The zero-order valence-electron chi connectivity index (χ0n) is 12.1. The smallest absolute Gasteiger partial charge is 0.416 e. The molecule has 0 unspecified atom stereocenters. The first kappa shape index (κ1) is 17.1. The summed E-state index contributed by atoms with van der Waals surface area (Å²) in [6.45, 7) is -0.421. The van der Waals surface area contributed by atoms with Gasteiger partial charge in [-0.3, -0.25) is 9.59 Å². The van der Waals surface area contributed by atoms with Crippen LogP contribution < -0.4 is 10.1 Å². The van der Waals surface area contributed by atoms with Gasteiger partial charge in [-0.05, 0) is 37.5 Å². The molecule has 1 saturated carbocycles. The number of alkyl halides is 3. The molecule has 0 heterocycles. The average Bonchev–Trinajstić information content (AvgIpc) is 2.93. The number of hydrogen-bond donors (Lipinski definition) is 2. The fourth-order valence-electron chi connectivity index (χ4n) is 2.52. The molecule has 2 atom stereocenters. The Bertz CT molecular complexity index is 588. The molecule has 0 saturated heterocycles. The number of halogens is 3. The zero-order valence-corrected chi connectivity index (χ0v) is 12.1. The molecule has 5 nitrogen and oxygen atoms in total. The predicted octanol–water partition coefficient (Wildman–Crippen LogP) is 2.45. The fourth-order valence-corrected chi connectivity index (χ4v) is 2.52. The minimum atomic E-state index is -4.47. The van der Waals surface area contributed by atoms with Crippen molar-refractivity contribution >= 4 is 11.9 Å². The first-order chi connectivity index (χ1) is 10.8. The van der Waals surface area contributed by atoms with E-state index < -0.39 is 36.1 Å². The van der Waals surface area contributed by atoms with Crippen LogP contribution in [0.3, 0.4) is 0 Å². The highest BCUT2D eigenvalue weighted by atomic mass is 19.4. The van der Waals surface area contributed by atoms with Crippen molar-refractivity contribution in [2.24, 2.45) is 5.92 Å². The van der Waals surface area contributed by atoms with E-state index in [-0.39, 0.29) is 11.8 Å². The van der Waals surface area contributed by atoms with Crippen LogP contribution in [0.5, 0.6) is 5.75 Å². The molecule has 1 fully saturated rings. The van der Waals surface area contributed by atoms with E-state index in [1.165, 1.54) is 12.1 Å².